The minimum Gasteiger partial charge on any atom is -0.493 e. The van der Waals surface area contributed by atoms with Gasteiger partial charge in [-0.15, -0.1) is 0 Å². The van der Waals surface area contributed by atoms with E-state index in [0.717, 1.165) is 17.0 Å². The lowest BCUT2D eigenvalue weighted by atomic mass is 10.1. The molecule has 1 amide bonds. The quantitative estimate of drug-likeness (QED) is 0.557. The Bertz CT molecular complexity index is 1050. The van der Waals surface area contributed by atoms with E-state index in [4.69, 9.17) is 25.5 Å². The van der Waals surface area contributed by atoms with Crippen LogP contribution in [0.5, 0.6) is 11.5 Å². The molecule has 0 spiro atoms. The average Bonchev–Trinajstić information content (AvgIpc) is 3.04. The lowest BCUT2D eigenvalue weighted by Gasteiger charge is -2.10. The second kappa shape index (κ2) is 8.84. The summed E-state index contributed by atoms with van der Waals surface area (Å²) in [4.78, 5) is 16.7. The molecular weight excluding hydrogens is 392 g/mol. The molecule has 0 aliphatic rings. The largest absolute Gasteiger partial charge is 0.493 e. The molecule has 3 rings (SSSR count). The number of carbonyl (C=O) groups excluding carboxylic acids is 1. The number of hydrogen-bond donors (Lipinski definition) is 1. The van der Waals surface area contributed by atoms with Crippen molar-refractivity contribution in [1.29, 1.82) is 0 Å². The molecule has 0 atom stereocenters. The van der Waals surface area contributed by atoms with Crippen LogP contribution >= 0.6 is 11.6 Å². The number of amides is 1. The summed E-state index contributed by atoms with van der Waals surface area (Å²) in [6, 6.07) is 10.7. The van der Waals surface area contributed by atoms with Crippen molar-refractivity contribution in [2.75, 3.05) is 19.5 Å². The minimum atomic E-state index is -0.284. The number of oxazole rings is 1. The molecule has 2 aromatic carbocycles. The van der Waals surface area contributed by atoms with Gasteiger partial charge in [-0.25, -0.2) is 4.98 Å². The predicted molar refractivity (Wildman–Crippen MR) is 114 cm³/mol. The standard InChI is InChI=1S/C22H21ClN2O4/c1-13-14(2)29-22(24-13)16-6-5-7-17(12-16)25-20(26)9-8-15-10-18(23)21(28-4)19(11-15)27-3/h5-12H,1-4H3,(H,25,26). The summed E-state index contributed by atoms with van der Waals surface area (Å²) in [7, 11) is 3.04. The maximum atomic E-state index is 12.3. The Kier molecular flexibility index (Phi) is 6.24. The van der Waals surface area contributed by atoms with E-state index in [1.807, 2.05) is 32.0 Å². The van der Waals surface area contributed by atoms with Crippen LogP contribution in [0.1, 0.15) is 17.0 Å². The highest BCUT2D eigenvalue weighted by Crippen LogP contribution is 2.36. The van der Waals surface area contributed by atoms with Gasteiger partial charge < -0.3 is 19.2 Å². The van der Waals surface area contributed by atoms with Crippen molar-refractivity contribution in [3.05, 3.63) is 64.5 Å². The van der Waals surface area contributed by atoms with Gasteiger partial charge in [0.25, 0.3) is 0 Å². The fraction of sp³-hybridized carbons (Fsp3) is 0.182. The molecule has 29 heavy (non-hydrogen) atoms. The van der Waals surface area contributed by atoms with Gasteiger partial charge in [0.1, 0.15) is 5.76 Å². The van der Waals surface area contributed by atoms with Crippen molar-refractivity contribution in [3.8, 4) is 23.0 Å². The van der Waals surface area contributed by atoms with E-state index in [0.29, 0.717) is 33.7 Å². The van der Waals surface area contributed by atoms with Crippen LogP contribution in [0.3, 0.4) is 0 Å². The normalized spacial score (nSPS) is 10.9. The summed E-state index contributed by atoms with van der Waals surface area (Å²) < 4.78 is 16.1. The number of anilines is 1. The van der Waals surface area contributed by atoms with Gasteiger partial charge in [0.05, 0.1) is 24.9 Å². The first-order valence-corrected chi connectivity index (χ1v) is 9.24. The fourth-order valence-corrected chi connectivity index (χ4v) is 3.01. The zero-order valence-corrected chi connectivity index (χ0v) is 17.3. The molecular formula is C22H21ClN2O4. The van der Waals surface area contributed by atoms with Gasteiger partial charge >= 0.3 is 0 Å². The topological polar surface area (TPSA) is 73.6 Å². The number of ether oxygens (including phenoxy) is 2. The Balaban J connectivity index is 1.74. The number of hydrogen-bond acceptors (Lipinski definition) is 5. The molecule has 0 aliphatic heterocycles. The lowest BCUT2D eigenvalue weighted by Crippen LogP contribution is -2.07. The van der Waals surface area contributed by atoms with Crippen molar-refractivity contribution in [2.45, 2.75) is 13.8 Å². The van der Waals surface area contributed by atoms with E-state index < -0.39 is 0 Å². The summed E-state index contributed by atoms with van der Waals surface area (Å²) in [5, 5.41) is 3.22. The zero-order valence-electron chi connectivity index (χ0n) is 16.6. The molecule has 0 unspecified atom stereocenters. The van der Waals surface area contributed by atoms with Crippen molar-refractivity contribution in [2.24, 2.45) is 0 Å². The third-order valence-corrected chi connectivity index (χ3v) is 4.57. The Hall–Kier alpha value is -3.25. The summed E-state index contributed by atoms with van der Waals surface area (Å²) in [6.45, 7) is 3.75. The average molecular weight is 413 g/mol. The zero-order chi connectivity index (χ0) is 21.0. The van der Waals surface area contributed by atoms with Crippen molar-refractivity contribution in [1.82, 2.24) is 4.98 Å². The number of aromatic nitrogens is 1. The molecule has 0 radical (unpaired) electrons. The van der Waals surface area contributed by atoms with Crippen LogP contribution in [0.15, 0.2) is 46.9 Å². The van der Waals surface area contributed by atoms with Gasteiger partial charge in [-0.1, -0.05) is 17.7 Å². The molecule has 0 fully saturated rings. The van der Waals surface area contributed by atoms with Gasteiger partial charge in [0, 0.05) is 17.3 Å². The summed E-state index contributed by atoms with van der Waals surface area (Å²) in [5.41, 5.74) is 2.97. The van der Waals surface area contributed by atoms with Crippen LogP contribution in [0, 0.1) is 13.8 Å². The van der Waals surface area contributed by atoms with Crippen LogP contribution in [-0.2, 0) is 4.79 Å². The van der Waals surface area contributed by atoms with E-state index in [1.165, 1.54) is 20.3 Å². The number of rotatable bonds is 6. The third kappa shape index (κ3) is 4.78. The number of nitrogens with zero attached hydrogens (tertiary/aromatic N) is 1. The van der Waals surface area contributed by atoms with Crippen LogP contribution in [0.4, 0.5) is 5.69 Å². The number of carbonyl (C=O) groups is 1. The number of aryl methyl sites for hydroxylation is 2. The molecule has 0 aliphatic carbocycles. The van der Waals surface area contributed by atoms with Gasteiger partial charge in [-0.2, -0.15) is 0 Å². The Morgan fingerprint density at radius 2 is 1.97 bits per heavy atom. The number of methoxy groups -OCH3 is 2. The van der Waals surface area contributed by atoms with E-state index in [2.05, 4.69) is 10.3 Å². The molecule has 0 bridgehead atoms. The first-order valence-electron chi connectivity index (χ1n) is 8.86. The maximum Gasteiger partial charge on any atom is 0.248 e. The van der Waals surface area contributed by atoms with Crippen molar-refractivity contribution in [3.63, 3.8) is 0 Å². The Labute approximate surface area is 174 Å². The number of benzene rings is 2. The van der Waals surface area contributed by atoms with Crippen LogP contribution < -0.4 is 14.8 Å². The van der Waals surface area contributed by atoms with Gasteiger partial charge in [0.15, 0.2) is 11.5 Å². The molecule has 3 aromatic rings. The fourth-order valence-electron chi connectivity index (χ4n) is 2.72. The van der Waals surface area contributed by atoms with E-state index in [9.17, 15) is 4.79 Å². The first-order chi connectivity index (χ1) is 13.9. The lowest BCUT2D eigenvalue weighted by molar-refractivity contribution is -0.111. The summed E-state index contributed by atoms with van der Waals surface area (Å²) >= 11 is 6.19. The monoisotopic (exact) mass is 412 g/mol. The number of nitrogens with one attached hydrogen (secondary N) is 1. The molecule has 0 saturated heterocycles. The van der Waals surface area contributed by atoms with Crippen LogP contribution in [-0.4, -0.2) is 25.1 Å². The van der Waals surface area contributed by atoms with Crippen LogP contribution in [0.25, 0.3) is 17.5 Å². The second-order valence-electron chi connectivity index (χ2n) is 6.30. The predicted octanol–water partition coefficient (Wildman–Crippen LogP) is 5.28. The summed E-state index contributed by atoms with van der Waals surface area (Å²) in [6.07, 6.45) is 3.07. The van der Waals surface area contributed by atoms with Gasteiger partial charge in [0.2, 0.25) is 11.8 Å². The molecule has 6 nitrogen and oxygen atoms in total. The molecule has 0 saturated carbocycles. The van der Waals surface area contributed by atoms with E-state index >= 15 is 0 Å². The second-order valence-corrected chi connectivity index (χ2v) is 6.71. The van der Waals surface area contributed by atoms with E-state index in [1.54, 1.807) is 24.3 Å². The molecule has 150 valence electrons. The highest BCUT2D eigenvalue weighted by atomic mass is 35.5. The van der Waals surface area contributed by atoms with Crippen LogP contribution in [0.2, 0.25) is 5.02 Å². The Morgan fingerprint density at radius 1 is 1.17 bits per heavy atom. The summed E-state index contributed by atoms with van der Waals surface area (Å²) in [5.74, 6) is 1.94. The third-order valence-electron chi connectivity index (χ3n) is 4.29. The van der Waals surface area contributed by atoms with E-state index in [-0.39, 0.29) is 5.91 Å². The maximum absolute atomic E-state index is 12.3. The number of halogens is 1. The SMILES string of the molecule is COc1cc(C=CC(=O)Nc2cccc(-c3nc(C)c(C)o3)c2)cc(Cl)c1OC. The smallest absolute Gasteiger partial charge is 0.248 e. The van der Waals surface area contributed by atoms with Crippen molar-refractivity contribution >= 4 is 29.3 Å². The molecule has 1 aromatic heterocycles. The van der Waals surface area contributed by atoms with Gasteiger partial charge in [-0.05, 0) is 55.8 Å². The minimum absolute atomic E-state index is 0.284. The highest BCUT2D eigenvalue weighted by Gasteiger charge is 2.11. The molecule has 7 heteroatoms. The first kappa shape index (κ1) is 20.5. The molecule has 1 heterocycles. The van der Waals surface area contributed by atoms with Crippen molar-refractivity contribution < 1.29 is 18.7 Å². The highest BCUT2D eigenvalue weighted by molar-refractivity contribution is 6.32. The van der Waals surface area contributed by atoms with Gasteiger partial charge in [-0.3, -0.25) is 4.79 Å². The Morgan fingerprint density at radius 3 is 2.62 bits per heavy atom. The molecule has 1 N–H and O–H groups in total.